The van der Waals surface area contributed by atoms with Gasteiger partial charge in [0.25, 0.3) is 0 Å². The lowest BCUT2D eigenvalue weighted by Crippen LogP contribution is -2.48. The van der Waals surface area contributed by atoms with Crippen LogP contribution >= 0.6 is 0 Å². The third-order valence-electron chi connectivity index (χ3n) is 2.92. The van der Waals surface area contributed by atoms with Crippen molar-refractivity contribution in [2.24, 2.45) is 0 Å². The molecule has 0 aliphatic rings. The number of benzene rings is 1. The predicted octanol–water partition coefficient (Wildman–Crippen LogP) is 2.26. The number of nitrogens with one attached hydrogen (secondary N) is 1. The largest absolute Gasteiger partial charge is 0.505 e. The molecule has 0 fully saturated rings. The van der Waals surface area contributed by atoms with E-state index in [-0.39, 0.29) is 6.54 Å². The molecule has 5 heteroatoms. The molecule has 1 atom stereocenters. The first-order valence-electron chi connectivity index (χ1n) is 5.85. The van der Waals surface area contributed by atoms with Gasteiger partial charge < -0.3 is 10.2 Å². The highest BCUT2D eigenvalue weighted by atomic mass is 19.1. The monoisotopic (exact) mass is 255 g/mol. The maximum absolute atomic E-state index is 13.1. The highest BCUT2D eigenvalue weighted by molar-refractivity contribution is 5.78. The third-order valence-corrected chi connectivity index (χ3v) is 2.92. The molecule has 0 aliphatic heterocycles. The fraction of sp³-hybridized carbons (Fsp3) is 0.462. The Morgan fingerprint density at radius 1 is 1.50 bits per heavy atom. The van der Waals surface area contributed by atoms with E-state index in [1.807, 2.05) is 6.92 Å². The Hall–Kier alpha value is -1.62. The van der Waals surface area contributed by atoms with E-state index in [0.29, 0.717) is 12.0 Å². The number of carboxylic acids is 1. The molecule has 4 nitrogen and oxygen atoms in total. The van der Waals surface area contributed by atoms with Crippen molar-refractivity contribution < 1.29 is 19.4 Å². The number of hydrogen-bond donors (Lipinski definition) is 3. The summed E-state index contributed by atoms with van der Waals surface area (Å²) in [6.07, 6.45) is 1.22. The van der Waals surface area contributed by atoms with Crippen LogP contribution in [0.2, 0.25) is 0 Å². The molecule has 1 aromatic carbocycles. The molecule has 0 amide bonds. The van der Waals surface area contributed by atoms with Gasteiger partial charge >= 0.3 is 5.97 Å². The van der Waals surface area contributed by atoms with E-state index < -0.39 is 23.1 Å². The lowest BCUT2D eigenvalue weighted by atomic mass is 9.96. The summed E-state index contributed by atoms with van der Waals surface area (Å²) in [6.45, 7) is 3.75. The Kier molecular flexibility index (Phi) is 4.67. The minimum absolute atomic E-state index is 0.236. The number of hydrogen-bond acceptors (Lipinski definition) is 3. The summed E-state index contributed by atoms with van der Waals surface area (Å²) >= 11 is 0. The average molecular weight is 255 g/mol. The summed E-state index contributed by atoms with van der Waals surface area (Å²) in [7, 11) is 0. The molecule has 100 valence electrons. The van der Waals surface area contributed by atoms with Crippen LogP contribution in [-0.2, 0) is 11.3 Å². The Morgan fingerprint density at radius 3 is 2.67 bits per heavy atom. The number of phenols is 1. The first kappa shape index (κ1) is 14.4. The fourth-order valence-corrected chi connectivity index (χ4v) is 1.73. The first-order valence-corrected chi connectivity index (χ1v) is 5.85. The number of phenolic OH excluding ortho intramolecular Hbond substituents is 1. The second-order valence-electron chi connectivity index (χ2n) is 4.53. The second kappa shape index (κ2) is 5.82. The molecule has 1 unspecified atom stereocenters. The van der Waals surface area contributed by atoms with Gasteiger partial charge in [-0.2, -0.15) is 0 Å². The zero-order chi connectivity index (χ0) is 13.8. The number of aliphatic carboxylic acids is 1. The molecule has 0 aromatic heterocycles. The quantitative estimate of drug-likeness (QED) is 0.729. The number of aromatic hydroxyl groups is 1. The zero-order valence-corrected chi connectivity index (χ0v) is 10.5. The normalized spacial score (nSPS) is 14.2. The SMILES string of the molecule is CCCC(C)(NCc1ccc(O)c(F)c1)C(=O)O. The summed E-state index contributed by atoms with van der Waals surface area (Å²) in [5.41, 5.74) is -0.433. The highest BCUT2D eigenvalue weighted by Crippen LogP contribution is 2.18. The minimum Gasteiger partial charge on any atom is -0.505 e. The van der Waals surface area contributed by atoms with Gasteiger partial charge in [0.2, 0.25) is 0 Å². The van der Waals surface area contributed by atoms with E-state index in [0.717, 1.165) is 6.42 Å². The van der Waals surface area contributed by atoms with Gasteiger partial charge in [0, 0.05) is 6.54 Å². The van der Waals surface area contributed by atoms with Crippen LogP contribution in [0.15, 0.2) is 18.2 Å². The van der Waals surface area contributed by atoms with Crippen LogP contribution in [0.25, 0.3) is 0 Å². The van der Waals surface area contributed by atoms with E-state index in [1.165, 1.54) is 12.1 Å². The molecular weight excluding hydrogens is 237 g/mol. The van der Waals surface area contributed by atoms with Gasteiger partial charge in [-0.15, -0.1) is 0 Å². The molecule has 1 rings (SSSR count). The van der Waals surface area contributed by atoms with Gasteiger partial charge in [-0.25, -0.2) is 4.39 Å². The summed E-state index contributed by atoms with van der Waals surface area (Å²) in [6, 6.07) is 4.00. The number of rotatable bonds is 6. The maximum Gasteiger partial charge on any atom is 0.323 e. The van der Waals surface area contributed by atoms with Crippen molar-refractivity contribution in [1.82, 2.24) is 5.32 Å². The van der Waals surface area contributed by atoms with E-state index >= 15 is 0 Å². The number of halogens is 1. The molecule has 0 saturated carbocycles. The molecule has 1 aromatic rings. The maximum atomic E-state index is 13.1. The van der Waals surface area contributed by atoms with Crippen molar-refractivity contribution in [2.75, 3.05) is 0 Å². The average Bonchev–Trinajstić information content (AvgIpc) is 2.31. The Balaban J connectivity index is 2.73. The second-order valence-corrected chi connectivity index (χ2v) is 4.53. The van der Waals surface area contributed by atoms with Gasteiger partial charge in [-0.1, -0.05) is 19.4 Å². The number of carboxylic acid groups (broad SMARTS) is 1. The van der Waals surface area contributed by atoms with Crippen LogP contribution in [0.3, 0.4) is 0 Å². The summed E-state index contributed by atoms with van der Waals surface area (Å²) in [4.78, 5) is 11.2. The highest BCUT2D eigenvalue weighted by Gasteiger charge is 2.31. The van der Waals surface area contributed by atoms with Gasteiger partial charge in [0.1, 0.15) is 5.54 Å². The van der Waals surface area contributed by atoms with Gasteiger partial charge in [-0.05, 0) is 31.0 Å². The van der Waals surface area contributed by atoms with E-state index in [1.54, 1.807) is 13.0 Å². The summed E-state index contributed by atoms with van der Waals surface area (Å²) in [5, 5.41) is 21.1. The van der Waals surface area contributed by atoms with Gasteiger partial charge in [0.15, 0.2) is 11.6 Å². The number of carbonyl (C=O) groups is 1. The topological polar surface area (TPSA) is 69.6 Å². The zero-order valence-electron chi connectivity index (χ0n) is 10.5. The van der Waals surface area contributed by atoms with Crippen molar-refractivity contribution in [3.8, 4) is 5.75 Å². The van der Waals surface area contributed by atoms with Crippen LogP contribution in [0.4, 0.5) is 4.39 Å². The van der Waals surface area contributed by atoms with Crippen molar-refractivity contribution in [1.29, 1.82) is 0 Å². The van der Waals surface area contributed by atoms with Crippen LogP contribution in [0.5, 0.6) is 5.75 Å². The molecule has 0 saturated heterocycles. The standard InChI is InChI=1S/C13H18FNO3/c1-3-6-13(2,12(17)18)15-8-9-4-5-11(16)10(14)7-9/h4-5,7,15-16H,3,6,8H2,1-2H3,(H,17,18). The van der Waals surface area contributed by atoms with Gasteiger partial charge in [0.05, 0.1) is 0 Å². The smallest absolute Gasteiger partial charge is 0.323 e. The van der Waals surface area contributed by atoms with E-state index in [4.69, 9.17) is 10.2 Å². The van der Waals surface area contributed by atoms with Crippen molar-refractivity contribution >= 4 is 5.97 Å². The fourth-order valence-electron chi connectivity index (χ4n) is 1.73. The molecule has 0 radical (unpaired) electrons. The Labute approximate surface area is 105 Å². The Bertz CT molecular complexity index is 436. The molecule has 0 spiro atoms. The Morgan fingerprint density at radius 2 is 2.17 bits per heavy atom. The van der Waals surface area contributed by atoms with E-state index in [9.17, 15) is 9.18 Å². The minimum atomic E-state index is -1.02. The molecular formula is C13H18FNO3. The van der Waals surface area contributed by atoms with Crippen molar-refractivity contribution in [2.45, 2.75) is 38.8 Å². The molecule has 18 heavy (non-hydrogen) atoms. The van der Waals surface area contributed by atoms with Crippen LogP contribution in [-0.4, -0.2) is 21.7 Å². The van der Waals surface area contributed by atoms with Crippen LogP contribution in [0.1, 0.15) is 32.3 Å². The molecule has 0 heterocycles. The molecule has 3 N–H and O–H groups in total. The van der Waals surface area contributed by atoms with Crippen LogP contribution in [0, 0.1) is 5.82 Å². The molecule has 0 bridgehead atoms. The third kappa shape index (κ3) is 3.43. The summed E-state index contributed by atoms with van der Waals surface area (Å²) in [5.74, 6) is -2.04. The van der Waals surface area contributed by atoms with E-state index in [2.05, 4.69) is 5.32 Å². The summed E-state index contributed by atoms with van der Waals surface area (Å²) < 4.78 is 13.1. The van der Waals surface area contributed by atoms with Crippen LogP contribution < -0.4 is 5.32 Å². The predicted molar refractivity (Wildman–Crippen MR) is 65.9 cm³/mol. The lowest BCUT2D eigenvalue weighted by Gasteiger charge is -2.26. The van der Waals surface area contributed by atoms with Gasteiger partial charge in [-0.3, -0.25) is 10.1 Å². The first-order chi connectivity index (χ1) is 8.39. The van der Waals surface area contributed by atoms with Crippen molar-refractivity contribution in [3.05, 3.63) is 29.6 Å². The molecule has 0 aliphatic carbocycles. The lowest BCUT2D eigenvalue weighted by molar-refractivity contribution is -0.144. The van der Waals surface area contributed by atoms with Crippen molar-refractivity contribution in [3.63, 3.8) is 0 Å².